The molecule has 2 aliphatic rings. The van der Waals surface area contributed by atoms with Crippen molar-refractivity contribution in [1.82, 2.24) is 31.5 Å². The summed E-state index contributed by atoms with van der Waals surface area (Å²) in [6.07, 6.45) is 0.181. The van der Waals surface area contributed by atoms with Gasteiger partial charge in [0.1, 0.15) is 24.2 Å². The van der Waals surface area contributed by atoms with Gasteiger partial charge in [-0.3, -0.25) is 38.6 Å². The third kappa shape index (κ3) is 10.5. The summed E-state index contributed by atoms with van der Waals surface area (Å²) in [5.41, 5.74) is 10.6. The number of aliphatic carboxylic acids is 1. The third-order valence-corrected chi connectivity index (χ3v) is 6.38. The second-order valence-corrected chi connectivity index (χ2v) is 9.49. The van der Waals surface area contributed by atoms with E-state index in [2.05, 4.69) is 31.6 Å². The number of hydrogen-bond acceptors (Lipinski definition) is 9. The van der Waals surface area contributed by atoms with Gasteiger partial charge in [0, 0.05) is 19.5 Å². The highest BCUT2D eigenvalue weighted by Crippen LogP contribution is 2.19. The van der Waals surface area contributed by atoms with Crippen LogP contribution >= 0.6 is 0 Å². The van der Waals surface area contributed by atoms with Gasteiger partial charge in [-0.1, -0.05) is 0 Å². The van der Waals surface area contributed by atoms with Gasteiger partial charge in [-0.2, -0.15) is 0 Å². The van der Waals surface area contributed by atoms with Gasteiger partial charge >= 0.3 is 5.97 Å². The van der Waals surface area contributed by atoms with Crippen molar-refractivity contribution in [3.63, 3.8) is 0 Å². The Hall–Kier alpha value is -4.48. The maximum atomic E-state index is 13.1. The highest BCUT2D eigenvalue weighted by atomic mass is 16.4. The molecule has 2 heterocycles. The fourth-order valence-electron chi connectivity index (χ4n) is 4.34. The summed E-state index contributed by atoms with van der Waals surface area (Å²) >= 11 is 0. The van der Waals surface area contributed by atoms with Crippen LogP contribution in [-0.2, 0) is 33.6 Å². The third-order valence-electron chi connectivity index (χ3n) is 6.38. The molecule has 0 aromatic carbocycles. The lowest BCUT2D eigenvalue weighted by atomic mass is 10.1. The first kappa shape index (κ1) is 32.7. The summed E-state index contributed by atoms with van der Waals surface area (Å²) in [4.78, 5) is 93.0. The molecule has 0 bridgehead atoms. The maximum absolute atomic E-state index is 13.1. The molecule has 4 atom stereocenters. The lowest BCUT2D eigenvalue weighted by molar-refractivity contribution is -0.143. The van der Waals surface area contributed by atoms with E-state index >= 15 is 0 Å². The van der Waals surface area contributed by atoms with E-state index in [4.69, 9.17) is 16.6 Å². The lowest BCUT2D eigenvalue weighted by Crippen LogP contribution is -2.59. The molecule has 6 amide bonds. The second kappa shape index (κ2) is 15.9. The van der Waals surface area contributed by atoms with Crippen LogP contribution in [0.1, 0.15) is 38.5 Å². The first-order chi connectivity index (χ1) is 19.4. The zero-order valence-corrected chi connectivity index (χ0v) is 22.4. The fourth-order valence-corrected chi connectivity index (χ4v) is 4.34. The Balaban J connectivity index is 2.30. The molecule has 0 spiro atoms. The van der Waals surface area contributed by atoms with Crippen molar-refractivity contribution in [2.45, 2.75) is 62.7 Å². The number of fused-ring (bicyclic) bond motifs is 1. The van der Waals surface area contributed by atoms with Gasteiger partial charge < -0.3 is 53.2 Å². The number of carboxylic acid groups (broad SMARTS) is 1. The average Bonchev–Trinajstić information content (AvgIpc) is 3.41. The Morgan fingerprint density at radius 3 is 2.07 bits per heavy atom. The van der Waals surface area contributed by atoms with Crippen LogP contribution < -0.4 is 38.1 Å². The van der Waals surface area contributed by atoms with Crippen LogP contribution in [0.4, 0.5) is 0 Å². The predicted molar refractivity (Wildman–Crippen MR) is 140 cm³/mol. The molecular formula is C23H37N9O9. The van der Waals surface area contributed by atoms with Crippen LogP contribution in [0.2, 0.25) is 0 Å². The molecule has 2 rings (SSSR count). The second-order valence-electron chi connectivity index (χ2n) is 9.49. The van der Waals surface area contributed by atoms with Crippen LogP contribution in [0.25, 0.3) is 0 Å². The Morgan fingerprint density at radius 1 is 0.878 bits per heavy atom. The van der Waals surface area contributed by atoms with Crippen LogP contribution in [0.3, 0.4) is 0 Å². The number of carbonyl (C=O) groups is 7. The van der Waals surface area contributed by atoms with Gasteiger partial charge in [0.2, 0.25) is 35.4 Å². The number of rotatable bonds is 8. The number of carboxylic acids is 1. The van der Waals surface area contributed by atoms with E-state index in [-0.39, 0.29) is 44.7 Å². The number of aliphatic hydroxyl groups excluding tert-OH is 1. The molecule has 0 unspecified atom stereocenters. The van der Waals surface area contributed by atoms with Gasteiger partial charge in [-0.25, -0.2) is 0 Å². The van der Waals surface area contributed by atoms with E-state index in [0.29, 0.717) is 6.42 Å². The molecule has 0 radical (unpaired) electrons. The summed E-state index contributed by atoms with van der Waals surface area (Å²) in [5, 5.41) is 30.7. The maximum Gasteiger partial charge on any atom is 0.303 e. The Labute approximate surface area is 235 Å². The number of aliphatic imine (C=N–C) groups is 1. The Kier molecular flexibility index (Phi) is 12.7. The summed E-state index contributed by atoms with van der Waals surface area (Å²) in [6, 6.07) is -5.03. The Bertz CT molecular complexity index is 1050. The van der Waals surface area contributed by atoms with Gasteiger partial charge in [0.15, 0.2) is 5.96 Å². The van der Waals surface area contributed by atoms with Gasteiger partial charge in [0.25, 0.3) is 0 Å². The number of hydrogen-bond donors (Lipinski definition) is 9. The van der Waals surface area contributed by atoms with E-state index in [0.717, 1.165) is 0 Å². The monoisotopic (exact) mass is 583 g/mol. The van der Waals surface area contributed by atoms with E-state index in [1.165, 1.54) is 4.90 Å². The molecule has 2 saturated heterocycles. The number of nitrogens with one attached hydrogen (secondary N) is 5. The molecule has 11 N–H and O–H groups in total. The molecule has 2 aliphatic heterocycles. The first-order valence-electron chi connectivity index (χ1n) is 13.1. The SMILES string of the molecule is NC(N)=NCCC[C@@H]1NC(=O)CNC(=O)[C@@H]2CCCN2C(=O)[C@H](CO)NC(=O)[C@H](CCC(=O)O)NC(=O)CNC1=O. The standard InChI is InChI=1S/C23H37N9O9/c24-23(25)26-7-1-3-12-19(38)27-9-16(34)30-13(5-6-18(36)37)20(39)31-14(11-33)22(41)32-8-2-4-15(32)21(40)28-10-17(35)29-12/h12-15,33H,1-11H2,(H,27,38)(H,28,40)(H,29,35)(H,30,34)(H,31,39)(H,36,37)(H4,24,25,26)/t12-,13-,14-,15-/m0/s1. The largest absolute Gasteiger partial charge is 0.481 e. The summed E-state index contributed by atoms with van der Waals surface area (Å²) in [6.45, 7) is -1.68. The van der Waals surface area contributed by atoms with Gasteiger partial charge in [-0.05, 0) is 32.1 Å². The molecule has 41 heavy (non-hydrogen) atoms. The summed E-state index contributed by atoms with van der Waals surface area (Å²) < 4.78 is 0. The number of guanidine groups is 1. The van der Waals surface area contributed by atoms with Crippen molar-refractivity contribution in [2.24, 2.45) is 16.5 Å². The van der Waals surface area contributed by atoms with Crippen molar-refractivity contribution in [2.75, 3.05) is 32.8 Å². The number of amides is 6. The summed E-state index contributed by atoms with van der Waals surface area (Å²) in [7, 11) is 0. The Morgan fingerprint density at radius 2 is 1.49 bits per heavy atom. The molecule has 18 nitrogen and oxygen atoms in total. The van der Waals surface area contributed by atoms with Crippen molar-refractivity contribution in [1.29, 1.82) is 0 Å². The van der Waals surface area contributed by atoms with Crippen molar-refractivity contribution >= 4 is 47.4 Å². The topological polar surface area (TPSA) is 288 Å². The minimum atomic E-state index is -1.48. The van der Waals surface area contributed by atoms with Crippen LogP contribution in [0.5, 0.6) is 0 Å². The van der Waals surface area contributed by atoms with Crippen molar-refractivity contribution in [3.8, 4) is 0 Å². The van der Waals surface area contributed by atoms with Crippen LogP contribution in [-0.4, -0.2) is 119 Å². The molecule has 2 fully saturated rings. The highest BCUT2D eigenvalue weighted by Gasteiger charge is 2.38. The molecule has 0 aromatic rings. The zero-order valence-electron chi connectivity index (χ0n) is 22.4. The van der Waals surface area contributed by atoms with E-state index < -0.39 is 91.7 Å². The molecule has 228 valence electrons. The molecule has 0 aliphatic carbocycles. The van der Waals surface area contributed by atoms with Crippen molar-refractivity contribution < 1.29 is 43.8 Å². The van der Waals surface area contributed by atoms with Crippen LogP contribution in [0, 0.1) is 0 Å². The number of carbonyl (C=O) groups excluding carboxylic acids is 6. The smallest absolute Gasteiger partial charge is 0.303 e. The van der Waals surface area contributed by atoms with Crippen molar-refractivity contribution in [3.05, 3.63) is 0 Å². The number of nitrogens with two attached hydrogens (primary N) is 2. The van der Waals surface area contributed by atoms with Gasteiger partial charge in [-0.15, -0.1) is 0 Å². The van der Waals surface area contributed by atoms with Gasteiger partial charge in [0.05, 0.1) is 19.7 Å². The minimum Gasteiger partial charge on any atom is -0.481 e. The van der Waals surface area contributed by atoms with E-state index in [1.807, 2.05) is 0 Å². The minimum absolute atomic E-state index is 0.0705. The van der Waals surface area contributed by atoms with E-state index in [1.54, 1.807) is 0 Å². The lowest BCUT2D eigenvalue weighted by Gasteiger charge is -2.29. The molecule has 0 saturated carbocycles. The van der Waals surface area contributed by atoms with Crippen LogP contribution in [0.15, 0.2) is 4.99 Å². The highest BCUT2D eigenvalue weighted by molar-refractivity contribution is 5.97. The number of aliphatic hydroxyl groups is 1. The van der Waals surface area contributed by atoms with E-state index in [9.17, 15) is 38.7 Å². The average molecular weight is 584 g/mol. The quantitative estimate of drug-likeness (QED) is 0.0738. The first-order valence-corrected chi connectivity index (χ1v) is 13.1. The molecule has 0 aromatic heterocycles. The normalized spacial score (nSPS) is 25.0. The zero-order chi connectivity index (χ0) is 30.5. The molecule has 18 heteroatoms. The fraction of sp³-hybridized carbons (Fsp3) is 0.652. The predicted octanol–water partition coefficient (Wildman–Crippen LogP) is -5.41. The number of nitrogens with zero attached hydrogens (tertiary/aromatic N) is 2. The summed E-state index contributed by atoms with van der Waals surface area (Å²) in [5.74, 6) is -6.07. The molecular weight excluding hydrogens is 546 g/mol.